The quantitative estimate of drug-likeness (QED) is 0.725. The van der Waals surface area contributed by atoms with Crippen LogP contribution in [-0.4, -0.2) is 19.9 Å². The monoisotopic (exact) mass is 443 g/mol. The fourth-order valence-electron chi connectivity index (χ4n) is 2.56. The molecule has 0 spiro atoms. The summed E-state index contributed by atoms with van der Waals surface area (Å²) in [5.74, 6) is 1.42. The molecule has 23 heavy (non-hydrogen) atoms. The number of aromatic nitrogens is 2. The highest BCUT2D eigenvalue weighted by molar-refractivity contribution is 14.1. The first-order valence-electron chi connectivity index (χ1n) is 7.29. The molecule has 1 aromatic heterocycles. The van der Waals surface area contributed by atoms with Crippen LogP contribution >= 0.6 is 22.6 Å². The number of carbonyl (C=O) groups is 1. The van der Waals surface area contributed by atoms with Gasteiger partial charge in [-0.3, -0.25) is 9.00 Å². The molecular formula is C16H18IN3O2S. The molecule has 1 N–H and O–H groups in total. The van der Waals surface area contributed by atoms with E-state index in [2.05, 4.69) is 33.0 Å². The van der Waals surface area contributed by atoms with Crippen LogP contribution in [0.3, 0.4) is 0 Å². The van der Waals surface area contributed by atoms with Crippen LogP contribution in [0.5, 0.6) is 0 Å². The maximum atomic E-state index is 12.7. The molecule has 0 radical (unpaired) electrons. The van der Waals surface area contributed by atoms with E-state index in [0.29, 0.717) is 22.9 Å². The molecule has 3 rings (SSSR count). The lowest BCUT2D eigenvalue weighted by Crippen LogP contribution is -2.27. The van der Waals surface area contributed by atoms with E-state index in [1.165, 1.54) is 0 Å². The topological polar surface area (TPSA) is 64.0 Å². The van der Waals surface area contributed by atoms with Gasteiger partial charge in [-0.2, -0.15) is 5.10 Å². The van der Waals surface area contributed by atoms with Gasteiger partial charge in [0.2, 0.25) is 0 Å². The number of anilines is 1. The standard InChI is InChI=1S/C16H18IN3O2S/c1-16(2,3)20-14(11-8-23(22)9-13(11)19-20)18-15(21)10-6-4-5-7-12(10)17/h4-7H,8-9H2,1-3H3,(H,18,21)/t23-/m0/s1. The zero-order chi connectivity index (χ0) is 16.8. The zero-order valence-corrected chi connectivity index (χ0v) is 16.2. The molecule has 0 aliphatic carbocycles. The van der Waals surface area contributed by atoms with Gasteiger partial charge in [0, 0.05) is 19.9 Å². The minimum atomic E-state index is -0.926. The molecule has 1 atom stereocenters. The Bertz CT molecular complexity index is 808. The number of nitrogens with one attached hydrogen (secondary N) is 1. The third kappa shape index (κ3) is 3.21. The summed E-state index contributed by atoms with van der Waals surface area (Å²) in [6.45, 7) is 6.11. The van der Waals surface area contributed by atoms with Crippen LogP contribution in [0.15, 0.2) is 24.3 Å². The maximum absolute atomic E-state index is 12.7. The average molecular weight is 443 g/mol. The van der Waals surface area contributed by atoms with Crippen molar-refractivity contribution >= 4 is 45.1 Å². The van der Waals surface area contributed by atoms with Crippen molar-refractivity contribution in [3.05, 3.63) is 44.7 Å². The van der Waals surface area contributed by atoms with Crippen LogP contribution in [0.2, 0.25) is 0 Å². The first kappa shape index (κ1) is 16.6. The molecule has 1 aromatic carbocycles. The number of benzene rings is 1. The Morgan fingerprint density at radius 3 is 2.65 bits per heavy atom. The van der Waals surface area contributed by atoms with Crippen molar-refractivity contribution in [2.45, 2.75) is 37.8 Å². The molecule has 0 fully saturated rings. The van der Waals surface area contributed by atoms with Crippen molar-refractivity contribution < 1.29 is 9.00 Å². The third-order valence-corrected chi connectivity index (χ3v) is 5.80. The van der Waals surface area contributed by atoms with E-state index in [0.717, 1.165) is 14.8 Å². The maximum Gasteiger partial charge on any atom is 0.257 e. The van der Waals surface area contributed by atoms with Crippen molar-refractivity contribution in [1.82, 2.24) is 9.78 Å². The van der Waals surface area contributed by atoms with Crippen molar-refractivity contribution in [3.63, 3.8) is 0 Å². The average Bonchev–Trinajstić information content (AvgIpc) is 2.96. The van der Waals surface area contributed by atoms with Crippen LogP contribution in [0, 0.1) is 3.57 Å². The summed E-state index contributed by atoms with van der Waals surface area (Å²) in [5, 5.41) is 7.59. The number of hydrogen-bond acceptors (Lipinski definition) is 3. The Kier molecular flexibility index (Phi) is 4.35. The van der Waals surface area contributed by atoms with Gasteiger partial charge < -0.3 is 5.32 Å². The Balaban J connectivity index is 2.01. The van der Waals surface area contributed by atoms with Crippen molar-refractivity contribution in [3.8, 4) is 0 Å². The molecule has 0 saturated carbocycles. The first-order chi connectivity index (χ1) is 10.8. The molecule has 1 amide bonds. The lowest BCUT2D eigenvalue weighted by molar-refractivity contribution is 0.102. The molecule has 7 heteroatoms. The van der Waals surface area contributed by atoms with Crippen molar-refractivity contribution in [2.24, 2.45) is 0 Å². The van der Waals surface area contributed by atoms with Gasteiger partial charge in [0.15, 0.2) is 0 Å². The summed E-state index contributed by atoms with van der Waals surface area (Å²) in [7, 11) is -0.926. The second-order valence-corrected chi connectivity index (χ2v) is 9.14. The summed E-state index contributed by atoms with van der Waals surface area (Å²) in [5.41, 5.74) is 2.09. The molecule has 1 aliphatic rings. The van der Waals surface area contributed by atoms with Gasteiger partial charge in [-0.1, -0.05) is 12.1 Å². The highest BCUT2D eigenvalue weighted by atomic mass is 127. The van der Waals surface area contributed by atoms with Gasteiger partial charge in [-0.25, -0.2) is 4.68 Å². The lowest BCUT2D eigenvalue weighted by atomic mass is 10.1. The normalized spacial score (nSPS) is 17.1. The molecule has 2 heterocycles. The number of amides is 1. The number of carbonyl (C=O) groups excluding carboxylic acids is 1. The lowest BCUT2D eigenvalue weighted by Gasteiger charge is -2.23. The highest BCUT2D eigenvalue weighted by Gasteiger charge is 2.31. The highest BCUT2D eigenvalue weighted by Crippen LogP contribution is 2.33. The zero-order valence-electron chi connectivity index (χ0n) is 13.2. The van der Waals surface area contributed by atoms with E-state index in [-0.39, 0.29) is 11.4 Å². The molecule has 122 valence electrons. The molecule has 0 bridgehead atoms. The van der Waals surface area contributed by atoms with Crippen LogP contribution in [0.1, 0.15) is 42.4 Å². The molecule has 1 aliphatic heterocycles. The summed E-state index contributed by atoms with van der Waals surface area (Å²) in [6.07, 6.45) is 0. The van der Waals surface area contributed by atoms with Crippen LogP contribution in [0.25, 0.3) is 0 Å². The predicted octanol–water partition coefficient (Wildman–Crippen LogP) is 3.26. The Morgan fingerprint density at radius 1 is 1.30 bits per heavy atom. The summed E-state index contributed by atoms with van der Waals surface area (Å²) >= 11 is 2.15. The Morgan fingerprint density at radius 2 is 2.00 bits per heavy atom. The number of rotatable bonds is 2. The number of halogens is 1. The minimum Gasteiger partial charge on any atom is -0.306 e. The Hall–Kier alpha value is -1.22. The molecule has 2 aromatic rings. The largest absolute Gasteiger partial charge is 0.306 e. The SMILES string of the molecule is CC(C)(C)n1nc2c(c1NC(=O)c1ccccc1I)C[S@](=O)C2. The van der Waals surface area contributed by atoms with E-state index in [9.17, 15) is 9.00 Å². The second kappa shape index (κ2) is 6.01. The molecular weight excluding hydrogens is 425 g/mol. The van der Waals surface area contributed by atoms with Gasteiger partial charge in [0.05, 0.1) is 28.3 Å². The van der Waals surface area contributed by atoms with E-state index < -0.39 is 10.8 Å². The van der Waals surface area contributed by atoms with Crippen molar-refractivity contribution in [1.29, 1.82) is 0 Å². The van der Waals surface area contributed by atoms with Gasteiger partial charge in [0.1, 0.15) is 5.82 Å². The third-order valence-electron chi connectivity index (χ3n) is 3.66. The summed E-state index contributed by atoms with van der Waals surface area (Å²) < 4.78 is 14.6. The summed E-state index contributed by atoms with van der Waals surface area (Å²) in [4.78, 5) is 12.7. The molecule has 5 nitrogen and oxygen atoms in total. The molecule has 0 unspecified atom stereocenters. The van der Waals surface area contributed by atoms with Crippen LogP contribution in [0.4, 0.5) is 5.82 Å². The first-order valence-corrected chi connectivity index (χ1v) is 9.86. The fourth-order valence-corrected chi connectivity index (χ4v) is 4.46. The second-order valence-electron chi connectivity index (χ2n) is 6.52. The predicted molar refractivity (Wildman–Crippen MR) is 99.9 cm³/mol. The number of hydrogen-bond donors (Lipinski definition) is 1. The van der Waals surface area contributed by atoms with E-state index in [1.807, 2.05) is 43.7 Å². The summed E-state index contributed by atoms with van der Waals surface area (Å²) in [6, 6.07) is 7.44. The number of nitrogens with zero attached hydrogens (tertiary/aromatic N) is 2. The number of fused-ring (bicyclic) bond motifs is 1. The van der Waals surface area contributed by atoms with Gasteiger partial charge >= 0.3 is 0 Å². The fraction of sp³-hybridized carbons (Fsp3) is 0.375. The van der Waals surface area contributed by atoms with Gasteiger partial charge in [-0.05, 0) is 55.5 Å². The van der Waals surface area contributed by atoms with Gasteiger partial charge in [-0.15, -0.1) is 0 Å². The Labute approximate surface area is 151 Å². The van der Waals surface area contributed by atoms with E-state index in [1.54, 1.807) is 6.07 Å². The van der Waals surface area contributed by atoms with E-state index >= 15 is 0 Å². The van der Waals surface area contributed by atoms with Crippen molar-refractivity contribution in [2.75, 3.05) is 5.32 Å². The van der Waals surface area contributed by atoms with E-state index in [4.69, 9.17) is 0 Å². The van der Waals surface area contributed by atoms with Gasteiger partial charge in [0.25, 0.3) is 5.91 Å². The molecule has 0 saturated heterocycles. The smallest absolute Gasteiger partial charge is 0.257 e. The van der Waals surface area contributed by atoms with Crippen LogP contribution < -0.4 is 5.32 Å². The minimum absolute atomic E-state index is 0.166. The van der Waals surface area contributed by atoms with Crippen LogP contribution in [-0.2, 0) is 27.8 Å².